The van der Waals surface area contributed by atoms with E-state index in [1.54, 1.807) is 26.2 Å². The Labute approximate surface area is 124 Å². The van der Waals surface area contributed by atoms with E-state index in [9.17, 15) is 9.90 Å². The standard InChI is InChI=1S/C14H22N4O3/c1-17(2)13(19)11-4-5-12(16-15-11)18(3)10-14(20)6-8-21-9-7-14/h4-5,20H,6-10H2,1-3H3. The van der Waals surface area contributed by atoms with Crippen molar-refractivity contribution in [3.63, 3.8) is 0 Å². The molecule has 1 fully saturated rings. The molecule has 1 aromatic rings. The molecule has 0 radical (unpaired) electrons. The summed E-state index contributed by atoms with van der Waals surface area (Å²) in [6, 6.07) is 3.39. The molecule has 2 rings (SSSR count). The highest BCUT2D eigenvalue weighted by Gasteiger charge is 2.31. The topological polar surface area (TPSA) is 78.8 Å². The summed E-state index contributed by atoms with van der Waals surface area (Å²) in [5.41, 5.74) is -0.450. The number of ether oxygens (including phenoxy) is 1. The lowest BCUT2D eigenvalue weighted by atomic mass is 9.94. The zero-order valence-electron chi connectivity index (χ0n) is 12.7. The van der Waals surface area contributed by atoms with Crippen LogP contribution in [0.1, 0.15) is 23.3 Å². The highest BCUT2D eigenvalue weighted by atomic mass is 16.5. The summed E-state index contributed by atoms with van der Waals surface area (Å²) in [7, 11) is 5.19. The summed E-state index contributed by atoms with van der Waals surface area (Å²) >= 11 is 0. The SMILES string of the molecule is CN(C)C(=O)c1ccc(N(C)CC2(O)CCOCC2)nn1. The van der Waals surface area contributed by atoms with Gasteiger partial charge in [-0.05, 0) is 12.1 Å². The van der Waals surface area contributed by atoms with E-state index in [1.165, 1.54) is 4.90 Å². The smallest absolute Gasteiger partial charge is 0.273 e. The van der Waals surface area contributed by atoms with Gasteiger partial charge in [0.25, 0.3) is 5.91 Å². The zero-order valence-corrected chi connectivity index (χ0v) is 12.7. The minimum absolute atomic E-state index is 0.181. The first-order chi connectivity index (χ1) is 9.91. The van der Waals surface area contributed by atoms with E-state index in [2.05, 4.69) is 10.2 Å². The van der Waals surface area contributed by atoms with Gasteiger partial charge in [-0.1, -0.05) is 0 Å². The summed E-state index contributed by atoms with van der Waals surface area (Å²) in [5, 5.41) is 18.5. The number of aliphatic hydroxyl groups is 1. The molecule has 0 atom stereocenters. The molecular formula is C14H22N4O3. The molecule has 1 aromatic heterocycles. The number of nitrogens with zero attached hydrogens (tertiary/aromatic N) is 4. The number of hydrogen-bond donors (Lipinski definition) is 1. The molecule has 0 aliphatic carbocycles. The number of hydrogen-bond acceptors (Lipinski definition) is 6. The lowest BCUT2D eigenvalue weighted by molar-refractivity contribution is -0.0573. The number of likely N-dealkylation sites (N-methyl/N-ethyl adjacent to an activating group) is 1. The zero-order chi connectivity index (χ0) is 15.5. The molecule has 21 heavy (non-hydrogen) atoms. The number of carbonyl (C=O) groups excluding carboxylic acids is 1. The number of anilines is 1. The van der Waals surface area contributed by atoms with Gasteiger partial charge in [-0.25, -0.2) is 0 Å². The number of carbonyl (C=O) groups is 1. The van der Waals surface area contributed by atoms with Crippen LogP contribution >= 0.6 is 0 Å². The first kappa shape index (κ1) is 15.7. The van der Waals surface area contributed by atoms with Crippen LogP contribution < -0.4 is 4.90 Å². The van der Waals surface area contributed by atoms with Crippen molar-refractivity contribution in [2.75, 3.05) is 45.8 Å². The molecule has 0 unspecified atom stereocenters. The highest BCUT2D eigenvalue weighted by molar-refractivity contribution is 5.91. The van der Waals surface area contributed by atoms with E-state index in [0.29, 0.717) is 44.1 Å². The Morgan fingerprint density at radius 1 is 1.29 bits per heavy atom. The van der Waals surface area contributed by atoms with Crippen molar-refractivity contribution in [3.8, 4) is 0 Å². The third-order valence-corrected chi connectivity index (χ3v) is 3.62. The van der Waals surface area contributed by atoms with Crippen LogP contribution in [0.5, 0.6) is 0 Å². The largest absolute Gasteiger partial charge is 0.388 e. The lowest BCUT2D eigenvalue weighted by Gasteiger charge is -2.35. The Morgan fingerprint density at radius 2 is 1.95 bits per heavy atom. The fourth-order valence-corrected chi connectivity index (χ4v) is 2.30. The molecule has 7 nitrogen and oxygen atoms in total. The molecule has 1 saturated heterocycles. The van der Waals surface area contributed by atoms with Gasteiger partial charge in [0.2, 0.25) is 0 Å². The Kier molecular flexibility index (Phi) is 4.74. The van der Waals surface area contributed by atoms with E-state index < -0.39 is 5.60 Å². The van der Waals surface area contributed by atoms with Gasteiger partial charge in [-0.3, -0.25) is 4.79 Å². The predicted molar refractivity (Wildman–Crippen MR) is 78.3 cm³/mol. The third-order valence-electron chi connectivity index (χ3n) is 3.62. The van der Waals surface area contributed by atoms with Crippen LogP contribution in [-0.4, -0.2) is 72.6 Å². The lowest BCUT2D eigenvalue weighted by Crippen LogP contribution is -2.46. The number of amides is 1. The van der Waals surface area contributed by atoms with Gasteiger partial charge in [0.05, 0.1) is 5.60 Å². The Morgan fingerprint density at radius 3 is 2.48 bits per heavy atom. The second kappa shape index (κ2) is 6.36. The van der Waals surface area contributed by atoms with Crippen molar-refractivity contribution >= 4 is 11.7 Å². The molecular weight excluding hydrogens is 272 g/mol. The van der Waals surface area contributed by atoms with Gasteiger partial charge < -0.3 is 19.6 Å². The maximum absolute atomic E-state index is 11.7. The first-order valence-electron chi connectivity index (χ1n) is 6.98. The minimum Gasteiger partial charge on any atom is -0.388 e. The monoisotopic (exact) mass is 294 g/mol. The van der Waals surface area contributed by atoms with Crippen LogP contribution in [0.2, 0.25) is 0 Å². The first-order valence-corrected chi connectivity index (χ1v) is 6.98. The summed E-state index contributed by atoms with van der Waals surface area (Å²) in [5.74, 6) is 0.449. The molecule has 0 aromatic carbocycles. The molecule has 0 spiro atoms. The molecule has 1 aliphatic rings. The average Bonchev–Trinajstić information content (AvgIpc) is 2.46. The summed E-state index contributed by atoms with van der Waals surface area (Å²) < 4.78 is 5.27. The number of aromatic nitrogens is 2. The molecule has 0 bridgehead atoms. The third kappa shape index (κ3) is 3.89. The molecule has 0 saturated carbocycles. The van der Waals surface area contributed by atoms with E-state index in [4.69, 9.17) is 4.74 Å². The van der Waals surface area contributed by atoms with Crippen LogP contribution in [0, 0.1) is 0 Å². The van der Waals surface area contributed by atoms with Crippen LogP contribution in [0.3, 0.4) is 0 Å². The van der Waals surface area contributed by atoms with Crippen molar-refractivity contribution in [3.05, 3.63) is 17.8 Å². The maximum atomic E-state index is 11.7. The summed E-state index contributed by atoms with van der Waals surface area (Å²) in [6.45, 7) is 1.62. The highest BCUT2D eigenvalue weighted by Crippen LogP contribution is 2.23. The number of rotatable bonds is 4. The van der Waals surface area contributed by atoms with Gasteiger partial charge in [-0.15, -0.1) is 10.2 Å². The van der Waals surface area contributed by atoms with Crippen molar-refractivity contribution < 1.29 is 14.6 Å². The van der Waals surface area contributed by atoms with Crippen LogP contribution in [0.25, 0.3) is 0 Å². The van der Waals surface area contributed by atoms with E-state index >= 15 is 0 Å². The maximum Gasteiger partial charge on any atom is 0.273 e. The molecule has 2 heterocycles. The fraction of sp³-hybridized carbons (Fsp3) is 0.643. The van der Waals surface area contributed by atoms with Crippen LogP contribution in [0.15, 0.2) is 12.1 Å². The molecule has 1 N–H and O–H groups in total. The van der Waals surface area contributed by atoms with Gasteiger partial charge in [0.15, 0.2) is 11.5 Å². The van der Waals surface area contributed by atoms with Crippen molar-refractivity contribution in [2.45, 2.75) is 18.4 Å². The Hall–Kier alpha value is -1.73. The average molecular weight is 294 g/mol. The van der Waals surface area contributed by atoms with Crippen molar-refractivity contribution in [1.82, 2.24) is 15.1 Å². The Bertz CT molecular complexity index is 483. The summed E-state index contributed by atoms with van der Waals surface area (Å²) in [4.78, 5) is 15.1. The molecule has 1 aliphatic heterocycles. The van der Waals surface area contributed by atoms with Gasteiger partial charge >= 0.3 is 0 Å². The van der Waals surface area contributed by atoms with Gasteiger partial charge in [-0.2, -0.15) is 0 Å². The summed E-state index contributed by atoms with van der Waals surface area (Å²) in [6.07, 6.45) is 1.23. The fourth-order valence-electron chi connectivity index (χ4n) is 2.30. The van der Waals surface area contributed by atoms with Crippen LogP contribution in [0.4, 0.5) is 5.82 Å². The molecule has 116 valence electrons. The predicted octanol–water partition coefficient (Wildman–Crippen LogP) is 0.156. The quantitative estimate of drug-likeness (QED) is 0.852. The van der Waals surface area contributed by atoms with E-state index in [0.717, 1.165) is 0 Å². The minimum atomic E-state index is -0.757. The molecule has 1 amide bonds. The van der Waals surface area contributed by atoms with E-state index in [-0.39, 0.29) is 5.91 Å². The van der Waals surface area contributed by atoms with Crippen LogP contribution in [-0.2, 0) is 4.74 Å². The normalized spacial score (nSPS) is 17.3. The second-order valence-corrected chi connectivity index (χ2v) is 5.67. The second-order valence-electron chi connectivity index (χ2n) is 5.67. The van der Waals surface area contributed by atoms with Crippen molar-refractivity contribution in [2.24, 2.45) is 0 Å². The van der Waals surface area contributed by atoms with Crippen molar-refractivity contribution in [1.29, 1.82) is 0 Å². The van der Waals surface area contributed by atoms with E-state index in [1.807, 2.05) is 11.9 Å². The molecule has 7 heteroatoms. The Balaban J connectivity index is 2.02. The van der Waals surface area contributed by atoms with Gasteiger partial charge in [0, 0.05) is 53.7 Å². The van der Waals surface area contributed by atoms with Gasteiger partial charge in [0.1, 0.15) is 0 Å².